The van der Waals surface area contributed by atoms with E-state index in [9.17, 15) is 8.42 Å². The van der Waals surface area contributed by atoms with E-state index in [0.717, 1.165) is 42.0 Å². The SMILES string of the molecule is COc1cccc(C2CCCN2c2ncc(S(N)(=O)=O)s2)c1. The largest absolute Gasteiger partial charge is 0.497 e. The predicted molar refractivity (Wildman–Crippen MR) is 85.8 cm³/mol. The van der Waals surface area contributed by atoms with Crippen LogP contribution in [-0.4, -0.2) is 27.1 Å². The fraction of sp³-hybridized carbons (Fsp3) is 0.357. The molecule has 22 heavy (non-hydrogen) atoms. The van der Waals surface area contributed by atoms with Crippen molar-refractivity contribution in [3.63, 3.8) is 0 Å². The van der Waals surface area contributed by atoms with E-state index in [1.807, 2.05) is 18.2 Å². The highest BCUT2D eigenvalue weighted by atomic mass is 32.2. The van der Waals surface area contributed by atoms with Crippen molar-refractivity contribution in [3.8, 4) is 5.75 Å². The topological polar surface area (TPSA) is 85.5 Å². The molecule has 0 radical (unpaired) electrons. The number of sulfonamides is 1. The Kier molecular flexibility index (Phi) is 4.07. The molecule has 2 heterocycles. The van der Waals surface area contributed by atoms with Gasteiger partial charge >= 0.3 is 0 Å². The van der Waals surface area contributed by atoms with Gasteiger partial charge in [-0.3, -0.25) is 0 Å². The molecule has 1 atom stereocenters. The van der Waals surface area contributed by atoms with Crippen LogP contribution < -0.4 is 14.8 Å². The van der Waals surface area contributed by atoms with Crippen molar-refractivity contribution < 1.29 is 13.2 Å². The molecule has 0 saturated carbocycles. The Morgan fingerprint density at radius 1 is 1.45 bits per heavy atom. The van der Waals surface area contributed by atoms with E-state index in [0.29, 0.717) is 5.13 Å². The molecule has 6 nitrogen and oxygen atoms in total. The van der Waals surface area contributed by atoms with Crippen LogP contribution in [0.1, 0.15) is 24.4 Å². The van der Waals surface area contributed by atoms with E-state index in [1.165, 1.54) is 6.20 Å². The normalized spacial score (nSPS) is 18.6. The first-order valence-electron chi connectivity index (χ1n) is 6.88. The van der Waals surface area contributed by atoms with Gasteiger partial charge in [0.1, 0.15) is 5.75 Å². The maximum atomic E-state index is 11.4. The fourth-order valence-corrected chi connectivity index (χ4v) is 4.32. The quantitative estimate of drug-likeness (QED) is 0.922. The zero-order valence-corrected chi connectivity index (χ0v) is 13.7. The van der Waals surface area contributed by atoms with Crippen molar-refractivity contribution in [2.45, 2.75) is 23.1 Å². The standard InChI is InChI=1S/C14H17N3O3S2/c1-20-11-5-2-4-10(8-11)12-6-3-7-17(12)14-16-9-13(21-14)22(15,18)19/h2,4-5,8-9,12H,3,6-7H2,1H3,(H2,15,18,19). The lowest BCUT2D eigenvalue weighted by Crippen LogP contribution is -2.22. The molecule has 1 unspecified atom stereocenters. The molecule has 1 aromatic heterocycles. The summed E-state index contributed by atoms with van der Waals surface area (Å²) in [6.07, 6.45) is 3.36. The van der Waals surface area contributed by atoms with Crippen LogP contribution in [0.5, 0.6) is 5.75 Å². The molecule has 2 N–H and O–H groups in total. The molecule has 0 bridgehead atoms. The monoisotopic (exact) mass is 339 g/mol. The third-order valence-corrected chi connectivity index (χ3v) is 6.17. The summed E-state index contributed by atoms with van der Waals surface area (Å²) in [5, 5.41) is 5.85. The summed E-state index contributed by atoms with van der Waals surface area (Å²) in [5.41, 5.74) is 1.14. The average Bonchev–Trinajstić information content (AvgIpc) is 3.15. The molecular weight excluding hydrogens is 322 g/mol. The van der Waals surface area contributed by atoms with Gasteiger partial charge in [-0.1, -0.05) is 23.5 Å². The second kappa shape index (κ2) is 5.86. The molecule has 2 aromatic rings. The summed E-state index contributed by atoms with van der Waals surface area (Å²) in [6.45, 7) is 0.847. The van der Waals surface area contributed by atoms with Crippen LogP contribution in [-0.2, 0) is 10.0 Å². The van der Waals surface area contributed by atoms with Gasteiger partial charge in [0.25, 0.3) is 0 Å². The maximum absolute atomic E-state index is 11.4. The lowest BCUT2D eigenvalue weighted by Gasteiger charge is -2.24. The number of benzene rings is 1. The van der Waals surface area contributed by atoms with Gasteiger partial charge in [0, 0.05) is 6.54 Å². The number of primary sulfonamides is 1. The molecule has 0 aliphatic carbocycles. The lowest BCUT2D eigenvalue weighted by molar-refractivity contribution is 0.414. The van der Waals surface area contributed by atoms with Gasteiger partial charge in [0.15, 0.2) is 9.34 Å². The summed E-state index contributed by atoms with van der Waals surface area (Å²) in [4.78, 5) is 6.37. The number of anilines is 1. The van der Waals surface area contributed by atoms with Crippen LogP contribution in [0.3, 0.4) is 0 Å². The van der Waals surface area contributed by atoms with Crippen LogP contribution in [0.15, 0.2) is 34.7 Å². The number of hydrogen-bond donors (Lipinski definition) is 1. The number of nitrogens with two attached hydrogens (primary N) is 1. The predicted octanol–water partition coefficient (Wildman–Crippen LogP) is 2.14. The molecular formula is C14H17N3O3S2. The third-order valence-electron chi connectivity index (χ3n) is 3.73. The Hall–Kier alpha value is -1.64. The van der Waals surface area contributed by atoms with Crippen LogP contribution in [0.25, 0.3) is 0 Å². The maximum Gasteiger partial charge on any atom is 0.249 e. The number of rotatable bonds is 4. The summed E-state index contributed by atoms with van der Waals surface area (Å²) in [7, 11) is -2.05. The first kappa shape index (κ1) is 15.3. The Morgan fingerprint density at radius 3 is 2.95 bits per heavy atom. The van der Waals surface area contributed by atoms with Gasteiger partial charge in [-0.2, -0.15) is 0 Å². The number of aromatic nitrogens is 1. The molecule has 0 amide bonds. The number of nitrogens with zero attached hydrogens (tertiary/aromatic N) is 2. The Labute approximate surface area is 133 Å². The Balaban J connectivity index is 1.91. The summed E-state index contributed by atoms with van der Waals surface area (Å²) in [5.74, 6) is 0.814. The zero-order chi connectivity index (χ0) is 15.7. The summed E-state index contributed by atoms with van der Waals surface area (Å²) >= 11 is 1.12. The van der Waals surface area contributed by atoms with Crippen molar-refractivity contribution in [3.05, 3.63) is 36.0 Å². The van der Waals surface area contributed by atoms with E-state index in [2.05, 4.69) is 16.0 Å². The Morgan fingerprint density at radius 2 is 2.27 bits per heavy atom. The van der Waals surface area contributed by atoms with E-state index in [-0.39, 0.29) is 10.3 Å². The number of ether oxygens (including phenoxy) is 1. The van der Waals surface area contributed by atoms with E-state index in [1.54, 1.807) is 7.11 Å². The molecule has 118 valence electrons. The average molecular weight is 339 g/mol. The highest BCUT2D eigenvalue weighted by Gasteiger charge is 2.29. The van der Waals surface area contributed by atoms with Crippen LogP contribution in [0.4, 0.5) is 5.13 Å². The molecule has 1 saturated heterocycles. The first-order chi connectivity index (χ1) is 10.5. The van der Waals surface area contributed by atoms with Crippen molar-refractivity contribution in [2.24, 2.45) is 5.14 Å². The van der Waals surface area contributed by atoms with Gasteiger partial charge in [0.05, 0.1) is 19.3 Å². The van der Waals surface area contributed by atoms with Gasteiger partial charge < -0.3 is 9.64 Å². The van der Waals surface area contributed by atoms with E-state index >= 15 is 0 Å². The summed E-state index contributed by atoms with van der Waals surface area (Å²) in [6, 6.07) is 8.11. The minimum absolute atomic E-state index is 0.0961. The van der Waals surface area contributed by atoms with Gasteiger partial charge in [-0.15, -0.1) is 0 Å². The number of methoxy groups -OCH3 is 1. The minimum Gasteiger partial charge on any atom is -0.497 e. The smallest absolute Gasteiger partial charge is 0.249 e. The molecule has 3 rings (SSSR count). The van der Waals surface area contributed by atoms with Crippen molar-refractivity contribution in [2.75, 3.05) is 18.6 Å². The number of hydrogen-bond acceptors (Lipinski definition) is 6. The fourth-order valence-electron chi connectivity index (χ4n) is 2.71. The van der Waals surface area contributed by atoms with Crippen LogP contribution in [0.2, 0.25) is 0 Å². The van der Waals surface area contributed by atoms with E-state index in [4.69, 9.17) is 9.88 Å². The molecule has 1 fully saturated rings. The second-order valence-corrected chi connectivity index (χ2v) is 7.93. The molecule has 8 heteroatoms. The van der Waals surface area contributed by atoms with Crippen LogP contribution >= 0.6 is 11.3 Å². The highest BCUT2D eigenvalue weighted by molar-refractivity contribution is 7.91. The van der Waals surface area contributed by atoms with E-state index < -0.39 is 10.0 Å². The van der Waals surface area contributed by atoms with Gasteiger partial charge in [-0.25, -0.2) is 18.5 Å². The minimum atomic E-state index is -3.69. The highest BCUT2D eigenvalue weighted by Crippen LogP contribution is 2.39. The Bertz CT molecular complexity index is 773. The lowest BCUT2D eigenvalue weighted by atomic mass is 10.0. The van der Waals surface area contributed by atoms with Crippen molar-refractivity contribution >= 4 is 26.5 Å². The number of thiazole rings is 1. The summed E-state index contributed by atoms with van der Waals surface area (Å²) < 4.78 is 28.2. The molecule has 1 aliphatic rings. The van der Waals surface area contributed by atoms with Gasteiger partial charge in [-0.05, 0) is 30.5 Å². The van der Waals surface area contributed by atoms with Crippen LogP contribution in [0, 0.1) is 0 Å². The zero-order valence-electron chi connectivity index (χ0n) is 12.1. The van der Waals surface area contributed by atoms with Gasteiger partial charge in [0.2, 0.25) is 10.0 Å². The second-order valence-electron chi connectivity index (χ2n) is 5.13. The van der Waals surface area contributed by atoms with Crippen molar-refractivity contribution in [1.82, 2.24) is 4.98 Å². The first-order valence-corrected chi connectivity index (χ1v) is 9.24. The molecule has 1 aromatic carbocycles. The molecule has 1 aliphatic heterocycles. The molecule has 0 spiro atoms. The third kappa shape index (κ3) is 2.94. The van der Waals surface area contributed by atoms with Crippen molar-refractivity contribution in [1.29, 1.82) is 0 Å².